The van der Waals surface area contributed by atoms with Gasteiger partial charge in [0.2, 0.25) is 0 Å². The number of hydrogen-bond donors (Lipinski definition) is 1. The molecule has 0 radical (unpaired) electrons. The van der Waals surface area contributed by atoms with E-state index in [0.717, 1.165) is 27.5 Å². The van der Waals surface area contributed by atoms with Crippen LogP contribution in [0.2, 0.25) is 0 Å². The van der Waals surface area contributed by atoms with Gasteiger partial charge in [0.15, 0.2) is 0 Å². The number of carbonyl (C=O) groups excluding carboxylic acids is 2. The lowest BCUT2D eigenvalue weighted by Gasteiger charge is -2.36. The fourth-order valence-corrected chi connectivity index (χ4v) is 4.86. The van der Waals surface area contributed by atoms with Crippen LogP contribution in [0.4, 0.5) is 4.79 Å². The molecule has 1 aliphatic heterocycles. The van der Waals surface area contributed by atoms with Gasteiger partial charge in [0.1, 0.15) is 12.4 Å². The van der Waals surface area contributed by atoms with Crippen LogP contribution >= 0.6 is 0 Å². The Bertz CT molecular complexity index is 1480. The standard InChI is InChI=1S/C32H30N2O4/c1-3-37-31(35)28-22(2)34(20-23-12-6-4-7-13-23)32(36)33-30(28)29-26-17-11-10-16-25(26)18-19-27(29)38-21-24-14-8-5-9-15-24/h4-19,30H,3,20-21H2,1-2H3,(H,33,36)/t30-/m1/s1. The summed E-state index contributed by atoms with van der Waals surface area (Å²) in [6, 6.07) is 30.4. The Balaban J connectivity index is 1.62. The van der Waals surface area contributed by atoms with Crippen LogP contribution < -0.4 is 10.1 Å². The predicted molar refractivity (Wildman–Crippen MR) is 147 cm³/mol. The van der Waals surface area contributed by atoms with Gasteiger partial charge in [-0.15, -0.1) is 0 Å². The topological polar surface area (TPSA) is 67.9 Å². The van der Waals surface area contributed by atoms with Crippen LogP contribution in [0.1, 0.15) is 36.6 Å². The van der Waals surface area contributed by atoms with E-state index in [2.05, 4.69) is 5.32 Å². The van der Waals surface area contributed by atoms with E-state index in [1.165, 1.54) is 0 Å². The van der Waals surface area contributed by atoms with Gasteiger partial charge < -0.3 is 14.8 Å². The molecule has 5 rings (SSSR count). The maximum atomic E-state index is 13.5. The van der Waals surface area contributed by atoms with Crippen LogP contribution in [-0.2, 0) is 22.7 Å². The van der Waals surface area contributed by atoms with Gasteiger partial charge in [0.05, 0.1) is 24.8 Å². The summed E-state index contributed by atoms with van der Waals surface area (Å²) in [6.45, 7) is 4.49. The largest absolute Gasteiger partial charge is 0.489 e. The second kappa shape index (κ2) is 11.2. The van der Waals surface area contributed by atoms with Crippen molar-refractivity contribution in [3.63, 3.8) is 0 Å². The van der Waals surface area contributed by atoms with Crippen molar-refractivity contribution in [2.45, 2.75) is 33.0 Å². The highest BCUT2D eigenvalue weighted by Gasteiger charge is 2.38. The number of rotatable bonds is 8. The zero-order valence-electron chi connectivity index (χ0n) is 21.5. The Morgan fingerprint density at radius 3 is 2.24 bits per heavy atom. The highest BCUT2D eigenvalue weighted by atomic mass is 16.5. The van der Waals surface area contributed by atoms with Gasteiger partial charge in [-0.05, 0) is 41.8 Å². The molecule has 4 aromatic carbocycles. The first-order valence-corrected chi connectivity index (χ1v) is 12.7. The number of allylic oxidation sites excluding steroid dienone is 1. The Labute approximate surface area is 222 Å². The van der Waals surface area contributed by atoms with Gasteiger partial charge in [0.25, 0.3) is 0 Å². The summed E-state index contributed by atoms with van der Waals surface area (Å²) in [5.41, 5.74) is 3.66. The Hall–Kier alpha value is -4.58. The van der Waals surface area contributed by atoms with Crippen LogP contribution in [0.3, 0.4) is 0 Å². The molecule has 1 aliphatic rings. The summed E-state index contributed by atoms with van der Waals surface area (Å²) in [5, 5.41) is 4.98. The average Bonchev–Trinajstić information content (AvgIpc) is 2.94. The van der Waals surface area contributed by atoms with E-state index in [1.54, 1.807) is 18.7 Å². The van der Waals surface area contributed by atoms with Crippen LogP contribution in [-0.4, -0.2) is 23.5 Å². The van der Waals surface area contributed by atoms with Crippen molar-refractivity contribution in [3.8, 4) is 5.75 Å². The van der Waals surface area contributed by atoms with Crippen LogP contribution in [0, 0.1) is 0 Å². The molecular formula is C32H30N2O4. The molecule has 0 spiro atoms. The SMILES string of the molecule is CCOC(=O)C1=C(C)N(Cc2ccccc2)C(=O)N[C@H]1c1c(OCc2ccccc2)ccc2ccccc12. The molecule has 4 aromatic rings. The molecule has 0 aromatic heterocycles. The minimum absolute atomic E-state index is 0.224. The van der Waals surface area contributed by atoms with Crippen LogP contribution in [0.25, 0.3) is 10.8 Å². The highest BCUT2D eigenvalue weighted by Crippen LogP contribution is 2.40. The van der Waals surface area contributed by atoms with E-state index >= 15 is 0 Å². The number of hydrogen-bond acceptors (Lipinski definition) is 4. The molecular weight excluding hydrogens is 476 g/mol. The number of fused-ring (bicyclic) bond motifs is 1. The van der Waals surface area contributed by atoms with Crippen molar-refractivity contribution < 1.29 is 19.1 Å². The lowest BCUT2D eigenvalue weighted by Crippen LogP contribution is -2.47. The molecule has 2 amide bonds. The number of amides is 2. The monoisotopic (exact) mass is 506 g/mol. The third-order valence-electron chi connectivity index (χ3n) is 6.73. The van der Waals surface area contributed by atoms with E-state index < -0.39 is 12.0 Å². The molecule has 0 bridgehead atoms. The molecule has 38 heavy (non-hydrogen) atoms. The van der Waals surface area contributed by atoms with Crippen LogP contribution in [0.15, 0.2) is 108 Å². The van der Waals surface area contributed by atoms with Crippen LogP contribution in [0.5, 0.6) is 5.75 Å². The third kappa shape index (κ3) is 5.11. The van der Waals surface area contributed by atoms with Gasteiger partial charge in [-0.25, -0.2) is 9.59 Å². The zero-order chi connectivity index (χ0) is 26.5. The first-order chi connectivity index (χ1) is 18.6. The van der Waals surface area contributed by atoms with E-state index in [1.807, 2.05) is 97.1 Å². The molecule has 0 fully saturated rings. The molecule has 0 unspecified atom stereocenters. The number of nitrogens with one attached hydrogen (secondary N) is 1. The second-order valence-electron chi connectivity index (χ2n) is 9.15. The Morgan fingerprint density at radius 1 is 0.868 bits per heavy atom. The van der Waals surface area contributed by atoms with Gasteiger partial charge in [-0.3, -0.25) is 4.90 Å². The highest BCUT2D eigenvalue weighted by molar-refractivity contribution is 5.98. The third-order valence-corrected chi connectivity index (χ3v) is 6.73. The Kier molecular flexibility index (Phi) is 7.40. The first-order valence-electron chi connectivity index (χ1n) is 12.7. The van der Waals surface area contributed by atoms with Gasteiger partial charge >= 0.3 is 12.0 Å². The van der Waals surface area contributed by atoms with Gasteiger partial charge in [-0.2, -0.15) is 0 Å². The molecule has 6 heteroatoms. The molecule has 0 aliphatic carbocycles. The second-order valence-corrected chi connectivity index (χ2v) is 9.15. The van der Waals surface area contributed by atoms with E-state index in [0.29, 0.717) is 30.2 Å². The maximum absolute atomic E-state index is 13.5. The number of urea groups is 1. The summed E-state index contributed by atoms with van der Waals surface area (Å²) >= 11 is 0. The zero-order valence-corrected chi connectivity index (χ0v) is 21.5. The smallest absolute Gasteiger partial charge is 0.338 e. The fourth-order valence-electron chi connectivity index (χ4n) is 4.86. The summed E-state index contributed by atoms with van der Waals surface area (Å²) in [4.78, 5) is 28.5. The number of carbonyl (C=O) groups is 2. The lowest BCUT2D eigenvalue weighted by molar-refractivity contribution is -0.139. The summed E-state index contributed by atoms with van der Waals surface area (Å²) < 4.78 is 11.8. The molecule has 0 saturated carbocycles. The van der Waals surface area contributed by atoms with Gasteiger partial charge in [0, 0.05) is 11.3 Å². The number of nitrogens with zero attached hydrogens (tertiary/aromatic N) is 1. The van der Waals surface area contributed by atoms with Crippen molar-refractivity contribution in [1.82, 2.24) is 10.2 Å². The van der Waals surface area contributed by atoms with Crippen molar-refractivity contribution in [2.24, 2.45) is 0 Å². The van der Waals surface area contributed by atoms with E-state index in [9.17, 15) is 9.59 Å². The fraction of sp³-hybridized carbons (Fsp3) is 0.188. The molecule has 1 heterocycles. The van der Waals surface area contributed by atoms with Crippen molar-refractivity contribution in [1.29, 1.82) is 0 Å². The quantitative estimate of drug-likeness (QED) is 0.276. The van der Waals surface area contributed by atoms with Crippen molar-refractivity contribution in [3.05, 3.63) is 125 Å². The normalized spacial score (nSPS) is 15.4. The summed E-state index contributed by atoms with van der Waals surface area (Å²) in [7, 11) is 0. The first kappa shape index (κ1) is 25.1. The number of ether oxygens (including phenoxy) is 2. The maximum Gasteiger partial charge on any atom is 0.338 e. The predicted octanol–water partition coefficient (Wildman–Crippen LogP) is 6.52. The molecule has 1 N–H and O–H groups in total. The van der Waals surface area contributed by atoms with Crippen molar-refractivity contribution in [2.75, 3.05) is 6.61 Å². The van der Waals surface area contributed by atoms with Crippen molar-refractivity contribution >= 4 is 22.8 Å². The number of benzene rings is 4. The minimum atomic E-state index is -0.745. The molecule has 0 saturated heterocycles. The lowest BCUT2D eigenvalue weighted by atomic mass is 9.90. The molecule has 6 nitrogen and oxygen atoms in total. The Morgan fingerprint density at radius 2 is 1.53 bits per heavy atom. The summed E-state index contributed by atoms with van der Waals surface area (Å²) in [6.07, 6.45) is 0. The summed E-state index contributed by atoms with van der Waals surface area (Å²) in [5.74, 6) is 0.138. The minimum Gasteiger partial charge on any atom is -0.489 e. The van der Waals surface area contributed by atoms with E-state index in [4.69, 9.17) is 9.47 Å². The molecule has 192 valence electrons. The number of esters is 1. The van der Waals surface area contributed by atoms with Gasteiger partial charge in [-0.1, -0.05) is 91.0 Å². The average molecular weight is 507 g/mol. The molecule has 1 atom stereocenters. The van der Waals surface area contributed by atoms with E-state index in [-0.39, 0.29) is 12.6 Å².